The van der Waals surface area contributed by atoms with E-state index >= 15 is 0 Å². The highest BCUT2D eigenvalue weighted by molar-refractivity contribution is 8.33. The van der Waals surface area contributed by atoms with Gasteiger partial charge in [-0.15, -0.1) is 0 Å². The molecule has 102 valence electrons. The first-order valence-corrected chi connectivity index (χ1v) is 9.18. The molecule has 0 fully saturated rings. The molecule has 0 saturated carbocycles. The zero-order chi connectivity index (χ0) is 13.9. The predicted molar refractivity (Wildman–Crippen MR) is 88.1 cm³/mol. The van der Waals surface area contributed by atoms with Gasteiger partial charge in [-0.25, -0.2) is 0 Å². The average molecular weight is 273 g/mol. The number of fused-ring (bicyclic) bond motifs is 2. The van der Waals surface area contributed by atoms with E-state index in [0.29, 0.717) is 0 Å². The SMILES string of the molecule is CC.CCS1(C)c2ccccc2Nc2ccccc21. The van der Waals surface area contributed by atoms with Crippen LogP contribution >= 0.6 is 10.0 Å². The summed E-state index contributed by atoms with van der Waals surface area (Å²) < 4.78 is 0. The molecule has 0 spiro atoms. The fourth-order valence-corrected chi connectivity index (χ4v) is 5.33. The van der Waals surface area contributed by atoms with Crippen molar-refractivity contribution >= 4 is 21.4 Å². The summed E-state index contributed by atoms with van der Waals surface area (Å²) in [5.74, 6) is 1.20. The Morgan fingerprint density at radius 3 is 1.68 bits per heavy atom. The quantitative estimate of drug-likeness (QED) is 0.708. The maximum Gasteiger partial charge on any atom is 0.0510 e. The minimum absolute atomic E-state index is 0.859. The van der Waals surface area contributed by atoms with E-state index in [9.17, 15) is 0 Å². The summed E-state index contributed by atoms with van der Waals surface area (Å²) in [6, 6.07) is 17.4. The predicted octanol–water partition coefficient (Wildman–Crippen LogP) is 5.64. The van der Waals surface area contributed by atoms with Crippen LogP contribution in [0.4, 0.5) is 11.4 Å². The van der Waals surface area contributed by atoms with E-state index in [2.05, 4.69) is 67.0 Å². The molecule has 0 atom stereocenters. The Hall–Kier alpha value is -1.41. The molecule has 0 unspecified atom stereocenters. The van der Waals surface area contributed by atoms with Gasteiger partial charge < -0.3 is 5.32 Å². The maximum absolute atomic E-state index is 3.55. The first kappa shape index (κ1) is 14.0. The van der Waals surface area contributed by atoms with Crippen LogP contribution in [0.3, 0.4) is 0 Å². The Labute approximate surface area is 118 Å². The standard InChI is InChI=1S/C15H17NS.C2H6/c1-3-17(2)14-10-6-4-8-12(14)16-13-9-5-7-11-15(13)17;1-2/h4-11,16H,3H2,1-2H3;1-2H3. The third-order valence-electron chi connectivity index (χ3n) is 3.59. The summed E-state index contributed by atoms with van der Waals surface area (Å²) >= 11 is 0. The van der Waals surface area contributed by atoms with Crippen LogP contribution in [0.5, 0.6) is 0 Å². The van der Waals surface area contributed by atoms with Gasteiger partial charge >= 0.3 is 0 Å². The molecule has 1 heterocycles. The van der Waals surface area contributed by atoms with Crippen LogP contribution in [0.15, 0.2) is 58.3 Å². The lowest BCUT2D eigenvalue weighted by Crippen LogP contribution is -2.12. The molecular formula is C17H23NS. The molecule has 2 heteroatoms. The highest BCUT2D eigenvalue weighted by Crippen LogP contribution is 2.66. The number of rotatable bonds is 1. The number of benzene rings is 2. The van der Waals surface area contributed by atoms with Crippen molar-refractivity contribution in [3.05, 3.63) is 48.5 Å². The molecular weight excluding hydrogens is 250 g/mol. The van der Waals surface area contributed by atoms with E-state index in [1.54, 1.807) is 0 Å². The number of nitrogens with one attached hydrogen (secondary N) is 1. The summed E-state index contributed by atoms with van der Waals surface area (Å²) in [7, 11) is -0.859. The Morgan fingerprint density at radius 2 is 1.26 bits per heavy atom. The molecule has 1 aliphatic rings. The Bertz CT molecular complexity index is 517. The normalized spacial score (nSPS) is 16.0. The van der Waals surface area contributed by atoms with Gasteiger partial charge in [-0.2, -0.15) is 10.0 Å². The molecule has 1 N–H and O–H groups in total. The van der Waals surface area contributed by atoms with Crippen molar-refractivity contribution in [2.45, 2.75) is 30.6 Å². The van der Waals surface area contributed by atoms with Crippen LogP contribution in [0.25, 0.3) is 0 Å². The van der Waals surface area contributed by atoms with Gasteiger partial charge in [-0.1, -0.05) is 45.0 Å². The van der Waals surface area contributed by atoms with Crippen molar-refractivity contribution in [1.29, 1.82) is 0 Å². The molecule has 2 aromatic carbocycles. The van der Waals surface area contributed by atoms with Gasteiger partial charge in [-0.3, -0.25) is 0 Å². The van der Waals surface area contributed by atoms with Crippen molar-refractivity contribution in [3.8, 4) is 0 Å². The van der Waals surface area contributed by atoms with Crippen molar-refractivity contribution in [3.63, 3.8) is 0 Å². The van der Waals surface area contributed by atoms with Crippen molar-refractivity contribution < 1.29 is 0 Å². The van der Waals surface area contributed by atoms with Crippen molar-refractivity contribution in [1.82, 2.24) is 0 Å². The van der Waals surface area contributed by atoms with Crippen molar-refractivity contribution in [2.75, 3.05) is 17.3 Å². The molecule has 0 saturated heterocycles. The van der Waals surface area contributed by atoms with E-state index in [4.69, 9.17) is 0 Å². The topological polar surface area (TPSA) is 12.0 Å². The Morgan fingerprint density at radius 1 is 0.842 bits per heavy atom. The second kappa shape index (κ2) is 5.70. The van der Waals surface area contributed by atoms with Crippen LogP contribution in [0, 0.1) is 0 Å². The number of hydrogen-bond donors (Lipinski definition) is 1. The first-order valence-electron chi connectivity index (χ1n) is 6.97. The molecule has 0 amide bonds. The molecule has 0 radical (unpaired) electrons. The van der Waals surface area contributed by atoms with Gasteiger partial charge in [0.2, 0.25) is 0 Å². The zero-order valence-electron chi connectivity index (χ0n) is 12.2. The Kier molecular flexibility index (Phi) is 4.20. The molecule has 19 heavy (non-hydrogen) atoms. The maximum atomic E-state index is 3.55. The number of para-hydroxylation sites is 2. The Balaban J connectivity index is 0.000000637. The van der Waals surface area contributed by atoms with Crippen LogP contribution in [-0.4, -0.2) is 12.0 Å². The number of hydrogen-bond acceptors (Lipinski definition) is 1. The fraction of sp³-hybridized carbons (Fsp3) is 0.294. The smallest absolute Gasteiger partial charge is 0.0510 e. The lowest BCUT2D eigenvalue weighted by molar-refractivity contribution is 1.25. The van der Waals surface area contributed by atoms with E-state index < -0.39 is 10.0 Å². The van der Waals surface area contributed by atoms with E-state index in [-0.39, 0.29) is 0 Å². The van der Waals surface area contributed by atoms with Crippen LogP contribution in [0.2, 0.25) is 0 Å². The van der Waals surface area contributed by atoms with E-state index in [1.165, 1.54) is 26.9 Å². The van der Waals surface area contributed by atoms with E-state index in [1.807, 2.05) is 13.8 Å². The lowest BCUT2D eigenvalue weighted by Gasteiger charge is -2.42. The molecule has 1 aliphatic heterocycles. The van der Waals surface area contributed by atoms with Crippen LogP contribution in [-0.2, 0) is 0 Å². The van der Waals surface area contributed by atoms with Crippen molar-refractivity contribution in [2.24, 2.45) is 0 Å². The van der Waals surface area contributed by atoms with Gasteiger partial charge in [0.05, 0.1) is 11.4 Å². The fourth-order valence-electron chi connectivity index (χ4n) is 2.50. The van der Waals surface area contributed by atoms with Gasteiger partial charge in [0.1, 0.15) is 0 Å². The molecule has 0 bridgehead atoms. The summed E-state index contributed by atoms with van der Waals surface area (Å²) in [6.45, 7) is 6.30. The molecule has 0 aromatic heterocycles. The highest BCUT2D eigenvalue weighted by Gasteiger charge is 2.30. The average Bonchev–Trinajstić information content (AvgIpc) is 2.49. The molecule has 1 nitrogen and oxygen atoms in total. The summed E-state index contributed by atoms with van der Waals surface area (Å²) in [6.07, 6.45) is 2.42. The molecule has 0 aliphatic carbocycles. The van der Waals surface area contributed by atoms with Crippen LogP contribution < -0.4 is 5.32 Å². The largest absolute Gasteiger partial charge is 0.354 e. The minimum atomic E-state index is -0.859. The van der Waals surface area contributed by atoms with Gasteiger partial charge in [-0.05, 0) is 36.3 Å². The third-order valence-corrected chi connectivity index (χ3v) is 7.40. The lowest BCUT2D eigenvalue weighted by atomic mass is 10.2. The highest BCUT2D eigenvalue weighted by atomic mass is 32.3. The summed E-state index contributed by atoms with van der Waals surface area (Å²) in [5, 5.41) is 3.55. The minimum Gasteiger partial charge on any atom is -0.354 e. The van der Waals surface area contributed by atoms with Gasteiger partial charge in [0, 0.05) is 9.79 Å². The number of anilines is 2. The molecule has 2 aromatic rings. The van der Waals surface area contributed by atoms with Crippen LogP contribution in [0.1, 0.15) is 20.8 Å². The van der Waals surface area contributed by atoms with Gasteiger partial charge in [0.25, 0.3) is 0 Å². The van der Waals surface area contributed by atoms with E-state index in [0.717, 1.165) is 0 Å². The molecule has 3 rings (SSSR count). The second-order valence-electron chi connectivity index (χ2n) is 4.49. The monoisotopic (exact) mass is 273 g/mol. The summed E-state index contributed by atoms with van der Waals surface area (Å²) in [5.41, 5.74) is 2.57. The first-order chi connectivity index (χ1) is 9.25. The second-order valence-corrected chi connectivity index (χ2v) is 8.13. The van der Waals surface area contributed by atoms with Gasteiger partial charge in [0.15, 0.2) is 0 Å². The summed E-state index contributed by atoms with van der Waals surface area (Å²) in [4.78, 5) is 2.97. The third kappa shape index (κ3) is 2.25. The zero-order valence-corrected chi connectivity index (χ0v) is 13.1.